The van der Waals surface area contributed by atoms with Gasteiger partial charge in [0.1, 0.15) is 40.8 Å². The van der Waals surface area contributed by atoms with Crippen LogP contribution in [0.2, 0.25) is 0 Å². The lowest BCUT2D eigenvalue weighted by atomic mass is 9.95. The van der Waals surface area contributed by atoms with Crippen LogP contribution in [0, 0.1) is 0 Å². The number of phenols is 2. The molecule has 0 fully saturated rings. The zero-order chi connectivity index (χ0) is 42.9. The Bertz CT molecular complexity index is 1800. The summed E-state index contributed by atoms with van der Waals surface area (Å²) < 4.78 is 10.6. The highest BCUT2D eigenvalue weighted by molar-refractivity contribution is 5.94. The number of hydrogen-bond donors (Lipinski definition) is 8. The van der Waals surface area contributed by atoms with Gasteiger partial charge in [0.15, 0.2) is 0 Å². The van der Waals surface area contributed by atoms with Crippen LogP contribution in [0.3, 0.4) is 0 Å². The van der Waals surface area contributed by atoms with Gasteiger partial charge in [0, 0.05) is 38.0 Å². The second kappa shape index (κ2) is 18.9. The van der Waals surface area contributed by atoms with Crippen molar-refractivity contribution in [2.45, 2.75) is 123 Å². The molecule has 3 atom stereocenters. The lowest BCUT2D eigenvalue weighted by Gasteiger charge is -2.33. The van der Waals surface area contributed by atoms with Gasteiger partial charge in [-0.3, -0.25) is 14.4 Å². The molecule has 0 unspecified atom stereocenters. The van der Waals surface area contributed by atoms with Crippen molar-refractivity contribution in [3.05, 3.63) is 47.5 Å². The molecule has 1 heterocycles. The molecule has 57 heavy (non-hydrogen) atoms. The predicted octanol–water partition coefficient (Wildman–Crippen LogP) is 3.93. The Labute approximate surface area is 333 Å². The first kappa shape index (κ1) is 45.6. The number of fused-ring (bicyclic) bond motifs is 5. The van der Waals surface area contributed by atoms with Crippen LogP contribution in [0.15, 0.2) is 36.4 Å². The smallest absolute Gasteiger partial charge is 0.408 e. The summed E-state index contributed by atoms with van der Waals surface area (Å²) in [6.07, 6.45) is -3.23. The summed E-state index contributed by atoms with van der Waals surface area (Å²) in [6, 6.07) is 5.31. The standard InChI is InChI=1S/C40H58N6O11/c1-38(2,3)46(37(54)55)18-10-11-27-33(50)44-28(32(49)41-16-17-42-35(52)56-39(4,5)6)21-25-19-23(12-14-30(25)47)24-13-15-31(48)26(20-24)22-29(34(51)43-27)45-36(53)57-40(7,8)9/h12-15,19-20,27-29,47-48H,10-11,16-18,21-22H2,1-9H3,(H,41,49)(H,42,52)(H,43,51)(H,44,50)(H,45,53)(H,54,55)/t27-,28-,29-/m0/s1. The van der Waals surface area contributed by atoms with E-state index in [1.165, 1.54) is 17.0 Å². The van der Waals surface area contributed by atoms with E-state index in [1.807, 2.05) is 0 Å². The lowest BCUT2D eigenvalue weighted by Crippen LogP contribution is -2.58. The highest BCUT2D eigenvalue weighted by Gasteiger charge is 2.33. The van der Waals surface area contributed by atoms with Crippen LogP contribution in [-0.4, -0.2) is 111 Å². The number of phenolic OH excluding ortho intramolecular Hbond substituents is 2. The number of hydrogen-bond acceptors (Lipinski definition) is 10. The Morgan fingerprint density at radius 1 is 0.754 bits per heavy atom. The van der Waals surface area contributed by atoms with Crippen LogP contribution in [0.25, 0.3) is 11.1 Å². The molecule has 17 nitrogen and oxygen atoms in total. The molecule has 1 aliphatic heterocycles. The molecule has 8 N–H and O–H groups in total. The van der Waals surface area contributed by atoms with Crippen molar-refractivity contribution >= 4 is 36.0 Å². The van der Waals surface area contributed by atoms with E-state index in [9.17, 15) is 44.1 Å². The number of rotatable bonds is 9. The normalized spacial score (nSPS) is 17.7. The molecular weight excluding hydrogens is 740 g/mol. The highest BCUT2D eigenvalue weighted by atomic mass is 16.6. The number of benzene rings is 2. The van der Waals surface area contributed by atoms with E-state index < -0.39 is 70.9 Å². The molecule has 1 aliphatic rings. The third kappa shape index (κ3) is 14.7. The molecule has 0 saturated carbocycles. The van der Waals surface area contributed by atoms with Crippen molar-refractivity contribution in [3.8, 4) is 22.6 Å². The molecule has 17 heteroatoms. The maximum absolute atomic E-state index is 14.2. The van der Waals surface area contributed by atoms with Gasteiger partial charge in [-0.25, -0.2) is 14.4 Å². The van der Waals surface area contributed by atoms with Crippen molar-refractivity contribution in [2.75, 3.05) is 19.6 Å². The molecule has 0 radical (unpaired) electrons. The summed E-state index contributed by atoms with van der Waals surface area (Å²) in [5, 5.41) is 44.8. The summed E-state index contributed by atoms with van der Waals surface area (Å²) in [5.74, 6) is -2.64. The Morgan fingerprint density at radius 2 is 1.28 bits per heavy atom. The first-order valence-electron chi connectivity index (χ1n) is 18.8. The molecule has 314 valence electrons. The fraction of sp³-hybridized carbons (Fsp3) is 0.550. The van der Waals surface area contributed by atoms with Crippen molar-refractivity contribution in [1.82, 2.24) is 31.5 Å². The van der Waals surface area contributed by atoms with E-state index in [-0.39, 0.29) is 67.9 Å². The minimum absolute atomic E-state index is 0.00599. The number of alkyl carbamates (subject to hydrolysis) is 2. The summed E-state index contributed by atoms with van der Waals surface area (Å²) in [6.45, 7) is 15.1. The van der Waals surface area contributed by atoms with E-state index in [0.29, 0.717) is 11.1 Å². The predicted molar refractivity (Wildman–Crippen MR) is 211 cm³/mol. The lowest BCUT2D eigenvalue weighted by molar-refractivity contribution is -0.132. The van der Waals surface area contributed by atoms with Gasteiger partial charge >= 0.3 is 18.3 Å². The molecule has 4 bridgehead atoms. The van der Waals surface area contributed by atoms with Crippen LogP contribution in [0.5, 0.6) is 11.5 Å². The highest BCUT2D eigenvalue weighted by Crippen LogP contribution is 2.31. The second-order valence-corrected chi connectivity index (χ2v) is 16.9. The molecule has 2 aromatic rings. The molecule has 0 aromatic heterocycles. The van der Waals surface area contributed by atoms with Gasteiger partial charge in [0.2, 0.25) is 17.7 Å². The Hall–Kier alpha value is -5.74. The number of nitrogens with zero attached hydrogens (tertiary/aromatic N) is 1. The minimum atomic E-state index is -1.38. The van der Waals surface area contributed by atoms with E-state index in [0.717, 1.165) is 0 Å². The van der Waals surface area contributed by atoms with Gasteiger partial charge in [-0.2, -0.15) is 0 Å². The molecule has 0 spiro atoms. The Morgan fingerprint density at radius 3 is 1.81 bits per heavy atom. The molecule has 2 aromatic carbocycles. The number of nitrogens with one attached hydrogen (secondary N) is 5. The van der Waals surface area contributed by atoms with Crippen molar-refractivity contribution in [3.63, 3.8) is 0 Å². The van der Waals surface area contributed by atoms with Gasteiger partial charge in [-0.05, 0) is 122 Å². The topological polar surface area (TPSA) is 245 Å². The number of aromatic hydroxyl groups is 2. The van der Waals surface area contributed by atoms with Crippen LogP contribution in [-0.2, 0) is 36.7 Å². The zero-order valence-corrected chi connectivity index (χ0v) is 34.2. The molecule has 0 aliphatic carbocycles. The van der Waals surface area contributed by atoms with Crippen molar-refractivity contribution < 1.29 is 53.6 Å². The van der Waals surface area contributed by atoms with Gasteiger partial charge in [-0.15, -0.1) is 0 Å². The molecule has 6 amide bonds. The number of carboxylic acid groups (broad SMARTS) is 1. The van der Waals surface area contributed by atoms with Crippen LogP contribution in [0.4, 0.5) is 14.4 Å². The van der Waals surface area contributed by atoms with Crippen LogP contribution in [0.1, 0.15) is 86.3 Å². The fourth-order valence-electron chi connectivity index (χ4n) is 5.94. The second-order valence-electron chi connectivity index (χ2n) is 16.9. The average Bonchev–Trinajstić information content (AvgIpc) is 3.06. The summed E-state index contributed by atoms with van der Waals surface area (Å²) in [7, 11) is 0. The fourth-order valence-corrected chi connectivity index (χ4v) is 5.94. The van der Waals surface area contributed by atoms with E-state index in [4.69, 9.17) is 9.47 Å². The first-order chi connectivity index (χ1) is 26.3. The zero-order valence-electron chi connectivity index (χ0n) is 34.2. The molecular formula is C40H58N6O11. The van der Waals surface area contributed by atoms with Crippen molar-refractivity contribution in [2.24, 2.45) is 0 Å². The maximum Gasteiger partial charge on any atom is 0.408 e. The average molecular weight is 799 g/mol. The SMILES string of the molecule is CC(C)(C)OC(=O)NCCNC(=O)[C@@H]1Cc2cc(ccc2O)-c2ccc(O)c(c2)C[C@H](NC(=O)OC(C)(C)C)C(=O)N[C@@H](CCCN(C(=O)O)C(C)(C)C)C(=O)N1. The Balaban J connectivity index is 2.07. The van der Waals surface area contributed by atoms with Gasteiger partial charge in [-0.1, -0.05) is 12.1 Å². The van der Waals surface area contributed by atoms with Crippen molar-refractivity contribution in [1.29, 1.82) is 0 Å². The monoisotopic (exact) mass is 798 g/mol. The van der Waals surface area contributed by atoms with Crippen LogP contribution < -0.4 is 26.6 Å². The van der Waals surface area contributed by atoms with Gasteiger partial charge < -0.3 is 56.3 Å². The number of amides is 6. The van der Waals surface area contributed by atoms with Gasteiger partial charge in [0.25, 0.3) is 0 Å². The number of carbonyl (C=O) groups excluding carboxylic acids is 5. The number of ether oxygens (including phenoxy) is 2. The maximum atomic E-state index is 14.2. The summed E-state index contributed by atoms with van der Waals surface area (Å²) >= 11 is 0. The molecule has 0 saturated heterocycles. The van der Waals surface area contributed by atoms with Crippen LogP contribution >= 0.6 is 0 Å². The quantitative estimate of drug-likeness (QED) is 0.169. The summed E-state index contributed by atoms with van der Waals surface area (Å²) in [5.41, 5.74) is -0.732. The van der Waals surface area contributed by atoms with E-state index in [2.05, 4.69) is 26.6 Å². The van der Waals surface area contributed by atoms with E-state index >= 15 is 0 Å². The third-order valence-corrected chi connectivity index (χ3v) is 8.62. The molecule has 3 rings (SSSR count). The first-order valence-corrected chi connectivity index (χ1v) is 18.8. The summed E-state index contributed by atoms with van der Waals surface area (Å²) in [4.78, 5) is 80.4. The number of carbonyl (C=O) groups is 6. The van der Waals surface area contributed by atoms with Gasteiger partial charge in [0.05, 0.1) is 0 Å². The Kier molecular flexibility index (Phi) is 15.2. The minimum Gasteiger partial charge on any atom is -0.508 e. The largest absolute Gasteiger partial charge is 0.508 e. The third-order valence-electron chi connectivity index (χ3n) is 8.62. The van der Waals surface area contributed by atoms with E-state index in [1.54, 1.807) is 86.6 Å².